The summed E-state index contributed by atoms with van der Waals surface area (Å²) in [6.45, 7) is 5.52. The highest BCUT2D eigenvalue weighted by Gasteiger charge is 2.54. The van der Waals surface area contributed by atoms with Crippen molar-refractivity contribution < 1.29 is 27.0 Å². The van der Waals surface area contributed by atoms with E-state index in [0.717, 1.165) is 19.3 Å². The number of carboxylic acid groups (broad SMARTS) is 1. The largest absolute Gasteiger partial charge is 0.543 e. The van der Waals surface area contributed by atoms with Crippen LogP contribution in [-0.2, 0) is 19.1 Å². The highest BCUT2D eigenvalue weighted by atomic mass is 32.2. The number of hydrogen-bond donors (Lipinski definition) is 0. The van der Waals surface area contributed by atoms with Crippen molar-refractivity contribution in [2.75, 3.05) is 27.2 Å². The molecule has 0 aromatic heterocycles. The zero-order valence-corrected chi connectivity index (χ0v) is 25.0. The number of carboxylic acids is 1. The van der Waals surface area contributed by atoms with Gasteiger partial charge in [-0.2, -0.15) is 8.42 Å². The highest BCUT2D eigenvalue weighted by Crippen LogP contribution is 2.28. The predicted octanol–water partition coefficient (Wildman–Crippen LogP) is 6.49. The predicted molar refractivity (Wildman–Crippen MR) is 149 cm³/mol. The quantitative estimate of drug-likeness (QED) is 0.0581. The number of likely N-dealkylation sites (N-methyl/N-ethyl adjacent to an activating group) is 1. The first-order valence-electron chi connectivity index (χ1n) is 14.6. The lowest BCUT2D eigenvalue weighted by Gasteiger charge is -2.44. The van der Waals surface area contributed by atoms with E-state index < -0.39 is 21.0 Å². The van der Waals surface area contributed by atoms with Crippen LogP contribution in [0.4, 0.5) is 0 Å². The Morgan fingerprint density at radius 1 is 0.750 bits per heavy atom. The van der Waals surface area contributed by atoms with Gasteiger partial charge in [0.15, 0.2) is 0 Å². The first-order valence-corrected chi connectivity index (χ1v) is 16.1. The molecule has 0 saturated carbocycles. The van der Waals surface area contributed by atoms with E-state index in [1.165, 1.54) is 96.8 Å². The van der Waals surface area contributed by atoms with Gasteiger partial charge in [-0.15, -0.1) is 0 Å². The first-order chi connectivity index (χ1) is 17.1. The molecule has 36 heavy (non-hydrogen) atoms. The summed E-state index contributed by atoms with van der Waals surface area (Å²) in [6.07, 6.45) is 26.7. The van der Waals surface area contributed by atoms with Gasteiger partial charge < -0.3 is 14.4 Å². The van der Waals surface area contributed by atoms with Crippen molar-refractivity contribution in [1.82, 2.24) is 0 Å². The van der Waals surface area contributed by atoms with Gasteiger partial charge in [0, 0.05) is 6.92 Å². The lowest BCUT2D eigenvalue weighted by Crippen LogP contribution is -2.70. The van der Waals surface area contributed by atoms with Crippen molar-refractivity contribution in [3.8, 4) is 0 Å². The maximum absolute atomic E-state index is 12.6. The number of hydrogen-bond acceptors (Lipinski definition) is 5. The molecule has 0 fully saturated rings. The maximum Gasteiger partial charge on any atom is 0.330 e. The van der Waals surface area contributed by atoms with Crippen LogP contribution >= 0.6 is 0 Å². The second-order valence-corrected chi connectivity index (χ2v) is 12.8. The second kappa shape index (κ2) is 20.1. The molecular weight excluding hydrogens is 474 g/mol. The number of quaternary nitrogens is 1. The highest BCUT2D eigenvalue weighted by molar-refractivity contribution is 7.88. The van der Waals surface area contributed by atoms with Crippen LogP contribution in [0.5, 0.6) is 0 Å². The molecule has 0 N–H and O–H groups in total. The molecule has 0 saturated heterocycles. The Morgan fingerprint density at radius 3 is 1.53 bits per heavy atom. The fourth-order valence-corrected chi connectivity index (χ4v) is 5.80. The molecule has 0 aromatic rings. The van der Waals surface area contributed by atoms with E-state index in [1.54, 1.807) is 21.0 Å². The van der Waals surface area contributed by atoms with Crippen LogP contribution in [-0.4, -0.2) is 51.0 Å². The lowest BCUT2D eigenvalue weighted by molar-refractivity contribution is -0.915. The van der Waals surface area contributed by atoms with Crippen molar-refractivity contribution >= 4 is 16.1 Å². The number of rotatable bonds is 25. The van der Waals surface area contributed by atoms with E-state index in [9.17, 15) is 18.3 Å². The van der Waals surface area contributed by atoms with Gasteiger partial charge in [-0.1, -0.05) is 103 Å². The van der Waals surface area contributed by atoms with Gasteiger partial charge in [0.05, 0.1) is 27.2 Å². The number of unbranched alkanes of at least 4 members (excludes halogenated alkanes) is 16. The summed E-state index contributed by atoms with van der Waals surface area (Å²) in [5.74, 6) is -1.63. The molecule has 0 aliphatic rings. The van der Waals surface area contributed by atoms with Gasteiger partial charge >= 0.3 is 10.1 Å². The average Bonchev–Trinajstić information content (AvgIpc) is 2.84. The molecule has 1 unspecified atom stereocenters. The minimum absolute atomic E-state index is 0.0162. The number of carbonyl (C=O) groups is 1. The van der Waals surface area contributed by atoms with Crippen molar-refractivity contribution in [2.45, 2.75) is 141 Å². The van der Waals surface area contributed by atoms with Crippen molar-refractivity contribution in [3.05, 3.63) is 12.2 Å². The monoisotopic (exact) mass is 531 g/mol. The topological polar surface area (TPSA) is 83.5 Å². The third kappa shape index (κ3) is 13.6. The first kappa shape index (κ1) is 35.1. The average molecular weight is 532 g/mol. The lowest BCUT2D eigenvalue weighted by atomic mass is 10.1. The summed E-state index contributed by atoms with van der Waals surface area (Å²) in [5.41, 5.74) is 0. The van der Waals surface area contributed by atoms with E-state index in [1.807, 2.05) is 0 Å². The van der Waals surface area contributed by atoms with Gasteiger partial charge in [0.25, 0.3) is 4.87 Å². The van der Waals surface area contributed by atoms with Crippen LogP contribution in [0.1, 0.15) is 136 Å². The molecule has 0 aliphatic carbocycles. The SMILES string of the molecule is CCCCCCCC/C=C\CCCCCCCCCCCCOS(=O)(=O)C(C)(C(=O)[O-])[N+](C)(C)CC. The summed E-state index contributed by atoms with van der Waals surface area (Å²) >= 11 is 0. The van der Waals surface area contributed by atoms with E-state index in [2.05, 4.69) is 19.1 Å². The molecule has 0 bridgehead atoms. The van der Waals surface area contributed by atoms with Gasteiger partial charge in [-0.25, -0.2) is 0 Å². The second-order valence-electron chi connectivity index (χ2n) is 10.9. The van der Waals surface area contributed by atoms with E-state index in [4.69, 9.17) is 4.18 Å². The Labute approximate surface area is 223 Å². The van der Waals surface area contributed by atoms with Gasteiger partial charge in [-0.3, -0.25) is 4.18 Å². The third-order valence-electron chi connectivity index (χ3n) is 7.71. The summed E-state index contributed by atoms with van der Waals surface area (Å²) in [6, 6.07) is 0. The smallest absolute Gasteiger partial charge is 0.330 e. The Morgan fingerprint density at radius 2 is 1.14 bits per heavy atom. The van der Waals surface area contributed by atoms with Crippen LogP contribution in [0, 0.1) is 0 Å². The fraction of sp³-hybridized carbons (Fsp3) is 0.897. The van der Waals surface area contributed by atoms with Crippen LogP contribution in [0.3, 0.4) is 0 Å². The maximum atomic E-state index is 12.6. The normalized spacial score (nSPS) is 14.4. The zero-order chi connectivity index (χ0) is 27.3. The summed E-state index contributed by atoms with van der Waals surface area (Å²) in [4.78, 5) is 9.57. The van der Waals surface area contributed by atoms with Crippen LogP contribution in [0.2, 0.25) is 0 Å². The molecule has 214 valence electrons. The Hall–Kier alpha value is -0.920. The third-order valence-corrected chi connectivity index (χ3v) is 9.82. The van der Waals surface area contributed by atoms with Crippen LogP contribution in [0.15, 0.2) is 12.2 Å². The molecule has 0 aromatic carbocycles. The molecule has 0 rings (SSSR count). The van der Waals surface area contributed by atoms with Crippen LogP contribution in [0.25, 0.3) is 0 Å². The molecule has 0 spiro atoms. The number of nitrogens with zero attached hydrogens (tertiary/aromatic N) is 1. The molecule has 0 aliphatic heterocycles. The van der Waals surface area contributed by atoms with Crippen LogP contribution < -0.4 is 5.11 Å². The van der Waals surface area contributed by atoms with Crippen molar-refractivity contribution in [1.29, 1.82) is 0 Å². The number of carbonyl (C=O) groups excluding carboxylic acids is 1. The van der Waals surface area contributed by atoms with E-state index in [-0.39, 0.29) is 11.1 Å². The van der Waals surface area contributed by atoms with Crippen molar-refractivity contribution in [2.24, 2.45) is 0 Å². The van der Waals surface area contributed by atoms with Gasteiger partial charge in [0.2, 0.25) is 0 Å². The molecule has 7 heteroatoms. The number of aliphatic carboxylic acids is 1. The standard InChI is InChI=1S/C29H57NO5S/c1-6-8-9-10-11-12-13-14-15-16-17-18-19-20-21-22-23-24-25-26-27-35-36(33,34)29(3,28(31)32)30(4,5)7-2/h14-15H,6-13,16-27H2,1-5H3/b15-14-. The van der Waals surface area contributed by atoms with Gasteiger partial charge in [0.1, 0.15) is 5.97 Å². The van der Waals surface area contributed by atoms with E-state index in [0.29, 0.717) is 13.0 Å². The molecule has 0 amide bonds. The minimum atomic E-state index is -4.31. The molecule has 0 radical (unpaired) electrons. The zero-order valence-electron chi connectivity index (χ0n) is 24.2. The Kier molecular flexibility index (Phi) is 19.6. The summed E-state index contributed by atoms with van der Waals surface area (Å²) < 4.78 is 30.1. The summed E-state index contributed by atoms with van der Waals surface area (Å²) in [5, 5.41) is 11.7. The van der Waals surface area contributed by atoms with Crippen molar-refractivity contribution in [3.63, 3.8) is 0 Å². The number of allylic oxidation sites excluding steroid dienone is 2. The minimum Gasteiger partial charge on any atom is -0.543 e. The molecule has 0 heterocycles. The summed E-state index contributed by atoms with van der Waals surface area (Å²) in [7, 11) is -1.19. The Balaban J connectivity index is 3.70. The molecule has 6 nitrogen and oxygen atoms in total. The molecule has 1 atom stereocenters. The van der Waals surface area contributed by atoms with Gasteiger partial charge in [-0.05, 0) is 39.0 Å². The molecular formula is C29H57NO5S. The Bertz CT molecular complexity index is 690. The van der Waals surface area contributed by atoms with E-state index >= 15 is 0 Å². The fourth-order valence-electron chi connectivity index (χ4n) is 4.29.